The molecule has 9 aromatic carbocycles. The third-order valence-electron chi connectivity index (χ3n) is 12.2. The molecule has 0 N–H and O–H groups in total. The van der Waals surface area contributed by atoms with E-state index in [4.69, 9.17) is 8.83 Å². The minimum Gasteiger partial charge on any atom is -0.456 e. The van der Waals surface area contributed by atoms with Crippen molar-refractivity contribution in [1.82, 2.24) is 0 Å². The summed E-state index contributed by atoms with van der Waals surface area (Å²) in [4.78, 5) is 2.39. The number of para-hydroxylation sites is 2. The Morgan fingerprint density at radius 3 is 1.93 bits per heavy atom. The van der Waals surface area contributed by atoms with Gasteiger partial charge in [-0.3, -0.25) is 0 Å². The second kappa shape index (κ2) is 11.5. The van der Waals surface area contributed by atoms with E-state index in [-0.39, 0.29) is 5.41 Å². The molecule has 0 aliphatic heterocycles. The monoisotopic (exact) mass is 717 g/mol. The zero-order valence-electron chi connectivity index (χ0n) is 31.0. The van der Waals surface area contributed by atoms with Gasteiger partial charge in [0.1, 0.15) is 16.7 Å². The fourth-order valence-electron chi connectivity index (χ4n) is 9.62. The molecule has 56 heavy (non-hydrogen) atoms. The summed E-state index contributed by atoms with van der Waals surface area (Å²) >= 11 is 0. The van der Waals surface area contributed by atoms with Crippen LogP contribution in [0.5, 0.6) is 0 Å². The van der Waals surface area contributed by atoms with E-state index < -0.39 is 0 Å². The van der Waals surface area contributed by atoms with E-state index in [1.54, 1.807) is 0 Å². The summed E-state index contributed by atoms with van der Waals surface area (Å²) in [5, 5.41) is 9.19. The van der Waals surface area contributed by atoms with Crippen molar-refractivity contribution in [2.24, 2.45) is 0 Å². The van der Waals surface area contributed by atoms with E-state index in [9.17, 15) is 0 Å². The molecule has 1 aliphatic carbocycles. The maximum atomic E-state index is 7.08. The van der Waals surface area contributed by atoms with Crippen molar-refractivity contribution in [3.05, 3.63) is 187 Å². The molecule has 11 aromatic rings. The molecule has 0 amide bonds. The van der Waals surface area contributed by atoms with E-state index in [0.29, 0.717) is 0 Å². The molecule has 3 heteroatoms. The molecular weight excluding hydrogens is 683 g/mol. The Morgan fingerprint density at radius 1 is 0.411 bits per heavy atom. The molecule has 264 valence electrons. The largest absolute Gasteiger partial charge is 0.456 e. The summed E-state index contributed by atoms with van der Waals surface area (Å²) in [5.74, 6) is 0. The highest BCUT2D eigenvalue weighted by atomic mass is 16.3. The molecular formula is C53H35NO2. The summed E-state index contributed by atoms with van der Waals surface area (Å²) < 4.78 is 13.5. The van der Waals surface area contributed by atoms with E-state index in [1.807, 2.05) is 18.2 Å². The first-order chi connectivity index (χ1) is 27.5. The van der Waals surface area contributed by atoms with Crippen LogP contribution in [0.15, 0.2) is 185 Å². The second-order valence-corrected chi connectivity index (χ2v) is 15.6. The van der Waals surface area contributed by atoms with Crippen LogP contribution in [0, 0.1) is 0 Å². The average molecular weight is 718 g/mol. The molecule has 0 saturated carbocycles. The number of rotatable bonds is 4. The fraction of sp³-hybridized carbons (Fsp3) is 0.0566. The van der Waals surface area contributed by atoms with Crippen LogP contribution in [0.2, 0.25) is 0 Å². The summed E-state index contributed by atoms with van der Waals surface area (Å²) in [6.45, 7) is 4.69. The quantitative estimate of drug-likeness (QED) is 0.170. The molecule has 1 aliphatic rings. The molecule has 2 heterocycles. The molecule has 0 bridgehead atoms. The summed E-state index contributed by atoms with van der Waals surface area (Å²) in [7, 11) is 0. The van der Waals surface area contributed by atoms with Gasteiger partial charge in [-0.05, 0) is 116 Å². The highest BCUT2D eigenvalue weighted by molar-refractivity contribution is 6.28. The van der Waals surface area contributed by atoms with E-state index >= 15 is 0 Å². The predicted molar refractivity (Wildman–Crippen MR) is 234 cm³/mol. The minimum atomic E-state index is -0.154. The normalized spacial score (nSPS) is 13.3. The van der Waals surface area contributed by atoms with Gasteiger partial charge in [-0.2, -0.15) is 0 Å². The Morgan fingerprint density at radius 2 is 1.07 bits per heavy atom. The van der Waals surface area contributed by atoms with Gasteiger partial charge in [-0.1, -0.05) is 129 Å². The summed E-state index contributed by atoms with van der Waals surface area (Å²) in [5.41, 5.74) is 13.9. The van der Waals surface area contributed by atoms with Crippen LogP contribution in [0.3, 0.4) is 0 Å². The highest BCUT2D eigenvalue weighted by Crippen LogP contribution is 2.52. The number of hydrogen-bond acceptors (Lipinski definition) is 3. The number of furan rings is 2. The Labute approximate surface area is 323 Å². The van der Waals surface area contributed by atoms with Crippen LogP contribution in [0.4, 0.5) is 17.1 Å². The lowest BCUT2D eigenvalue weighted by Gasteiger charge is -2.28. The van der Waals surface area contributed by atoms with Gasteiger partial charge < -0.3 is 13.7 Å². The number of nitrogens with zero attached hydrogens (tertiary/aromatic N) is 1. The number of fused-ring (bicyclic) bond motifs is 13. The topological polar surface area (TPSA) is 29.5 Å². The van der Waals surface area contributed by atoms with Crippen LogP contribution < -0.4 is 4.90 Å². The van der Waals surface area contributed by atoms with Crippen molar-refractivity contribution in [1.29, 1.82) is 0 Å². The summed E-state index contributed by atoms with van der Waals surface area (Å²) in [6, 6.07) is 63.5. The minimum absolute atomic E-state index is 0.154. The van der Waals surface area contributed by atoms with E-state index in [0.717, 1.165) is 66.5 Å². The van der Waals surface area contributed by atoms with Gasteiger partial charge in [0.2, 0.25) is 0 Å². The molecule has 0 radical (unpaired) electrons. The van der Waals surface area contributed by atoms with Crippen molar-refractivity contribution in [3.8, 4) is 22.3 Å². The van der Waals surface area contributed by atoms with Gasteiger partial charge in [0.25, 0.3) is 0 Å². The Balaban J connectivity index is 1.22. The zero-order chi connectivity index (χ0) is 37.1. The van der Waals surface area contributed by atoms with Gasteiger partial charge in [0.05, 0.1) is 5.69 Å². The Kier molecular flexibility index (Phi) is 6.40. The van der Waals surface area contributed by atoms with Crippen molar-refractivity contribution in [2.45, 2.75) is 19.3 Å². The SMILES string of the molecule is CC1(C)c2ccccc2-c2ccc(N(c3ccccc3)c3cc(-c4cc5ccccc5c5ccccc45)cc4c3oc3ccc5oc6ccccc6c5c34)cc21. The lowest BCUT2D eigenvalue weighted by Crippen LogP contribution is -2.16. The maximum Gasteiger partial charge on any atom is 0.159 e. The van der Waals surface area contributed by atoms with Crippen LogP contribution in [-0.4, -0.2) is 0 Å². The predicted octanol–water partition coefficient (Wildman–Crippen LogP) is 15.2. The molecule has 0 fully saturated rings. The lowest BCUT2D eigenvalue weighted by atomic mass is 9.82. The van der Waals surface area contributed by atoms with Gasteiger partial charge in [0, 0.05) is 38.3 Å². The number of hydrogen-bond donors (Lipinski definition) is 0. The van der Waals surface area contributed by atoms with Crippen LogP contribution in [-0.2, 0) is 5.41 Å². The Hall–Kier alpha value is -7.10. The standard InChI is InChI=1S/C53H35NO2/c1-53(2)44-22-12-10-20-39(44)40-25-24-35(31-45(40)53)54(34-15-4-3-5-16-34)46-30-33(42-28-32-14-6-7-17-36(32)37-18-8-9-19-38(37)42)29-43-51-49(56-52(43)46)27-26-48-50(51)41-21-11-13-23-47(41)55-48/h3-31H,1-2H3. The molecule has 0 unspecified atom stereocenters. The van der Waals surface area contributed by atoms with Crippen molar-refractivity contribution >= 4 is 82.5 Å². The summed E-state index contributed by atoms with van der Waals surface area (Å²) in [6.07, 6.45) is 0. The molecule has 12 rings (SSSR count). The molecule has 3 nitrogen and oxygen atoms in total. The maximum absolute atomic E-state index is 7.08. The highest BCUT2D eigenvalue weighted by Gasteiger charge is 2.36. The van der Waals surface area contributed by atoms with Crippen molar-refractivity contribution in [3.63, 3.8) is 0 Å². The first-order valence-corrected chi connectivity index (χ1v) is 19.3. The van der Waals surface area contributed by atoms with Crippen molar-refractivity contribution < 1.29 is 8.83 Å². The van der Waals surface area contributed by atoms with Crippen LogP contribution in [0.25, 0.3) is 87.7 Å². The van der Waals surface area contributed by atoms with Crippen LogP contribution in [0.1, 0.15) is 25.0 Å². The number of anilines is 3. The van der Waals surface area contributed by atoms with Gasteiger partial charge >= 0.3 is 0 Å². The zero-order valence-corrected chi connectivity index (χ0v) is 31.0. The molecule has 0 atom stereocenters. The first kappa shape index (κ1) is 31.3. The van der Waals surface area contributed by atoms with Gasteiger partial charge in [-0.15, -0.1) is 0 Å². The second-order valence-electron chi connectivity index (χ2n) is 15.6. The van der Waals surface area contributed by atoms with E-state index in [2.05, 4.69) is 176 Å². The molecule has 0 spiro atoms. The lowest BCUT2D eigenvalue weighted by molar-refractivity contribution is 0.660. The number of benzene rings is 9. The van der Waals surface area contributed by atoms with Gasteiger partial charge in [0.15, 0.2) is 5.58 Å². The first-order valence-electron chi connectivity index (χ1n) is 19.3. The van der Waals surface area contributed by atoms with Crippen LogP contribution >= 0.6 is 0 Å². The Bertz CT molecular complexity index is 3400. The molecule has 0 saturated heterocycles. The third-order valence-corrected chi connectivity index (χ3v) is 12.2. The van der Waals surface area contributed by atoms with Crippen molar-refractivity contribution in [2.75, 3.05) is 4.90 Å². The van der Waals surface area contributed by atoms with E-state index in [1.165, 1.54) is 49.4 Å². The average Bonchev–Trinajstić information content (AvgIpc) is 3.88. The third kappa shape index (κ3) is 4.34. The smallest absolute Gasteiger partial charge is 0.159 e. The fourth-order valence-corrected chi connectivity index (χ4v) is 9.62. The van der Waals surface area contributed by atoms with Gasteiger partial charge in [-0.25, -0.2) is 0 Å². The molecule has 2 aromatic heterocycles.